The fourth-order valence-electron chi connectivity index (χ4n) is 2.21. The second kappa shape index (κ2) is 5.50. The Balaban J connectivity index is 2.19. The number of para-hydroxylation sites is 1. The van der Waals surface area contributed by atoms with Gasteiger partial charge in [-0.25, -0.2) is 0 Å². The fourth-order valence-corrected chi connectivity index (χ4v) is 2.34. The quantitative estimate of drug-likeness (QED) is 0.785. The summed E-state index contributed by atoms with van der Waals surface area (Å²) in [7, 11) is 1.61. The molecular weight excluding hydrogens is 288 g/mol. The van der Waals surface area contributed by atoms with Crippen molar-refractivity contribution in [3.8, 4) is 28.2 Å². The first-order valence-electron chi connectivity index (χ1n) is 6.35. The molecule has 1 heterocycles. The minimum absolute atomic E-state index is 0.332. The Morgan fingerprint density at radius 1 is 1.10 bits per heavy atom. The first-order valence-corrected chi connectivity index (χ1v) is 6.73. The van der Waals surface area contributed by atoms with Crippen LogP contribution in [0, 0.1) is 0 Å². The summed E-state index contributed by atoms with van der Waals surface area (Å²) in [5, 5.41) is 4.54. The normalized spacial score (nSPS) is 10.6. The smallest absolute Gasteiger partial charge is 0.180 e. The van der Waals surface area contributed by atoms with Crippen LogP contribution in [0.1, 0.15) is 0 Å². The van der Waals surface area contributed by atoms with E-state index in [4.69, 9.17) is 26.6 Å². The molecule has 0 aliphatic rings. The van der Waals surface area contributed by atoms with Crippen molar-refractivity contribution in [2.45, 2.75) is 0 Å². The Morgan fingerprint density at radius 2 is 1.81 bits per heavy atom. The summed E-state index contributed by atoms with van der Waals surface area (Å²) in [4.78, 5) is 0. The lowest BCUT2D eigenvalue weighted by Crippen LogP contribution is -1.90. The topological polar surface area (TPSA) is 61.3 Å². The van der Waals surface area contributed by atoms with Gasteiger partial charge in [0.2, 0.25) is 0 Å². The summed E-state index contributed by atoms with van der Waals surface area (Å²) >= 11 is 5.93. The van der Waals surface area contributed by atoms with E-state index in [2.05, 4.69) is 5.16 Å². The summed E-state index contributed by atoms with van der Waals surface area (Å²) in [6, 6.07) is 14.9. The predicted molar refractivity (Wildman–Crippen MR) is 83.3 cm³/mol. The van der Waals surface area contributed by atoms with E-state index in [9.17, 15) is 0 Å². The van der Waals surface area contributed by atoms with Crippen molar-refractivity contribution in [3.05, 3.63) is 53.6 Å². The molecule has 0 unspecified atom stereocenters. The zero-order valence-electron chi connectivity index (χ0n) is 11.3. The average molecular weight is 301 g/mol. The van der Waals surface area contributed by atoms with Gasteiger partial charge in [-0.15, -0.1) is 0 Å². The van der Waals surface area contributed by atoms with Crippen LogP contribution in [0.3, 0.4) is 0 Å². The molecule has 0 spiro atoms. The third-order valence-corrected chi connectivity index (χ3v) is 3.45. The zero-order valence-corrected chi connectivity index (χ0v) is 12.1. The highest BCUT2D eigenvalue weighted by atomic mass is 35.5. The fraction of sp³-hybridized carbons (Fsp3) is 0.0625. The van der Waals surface area contributed by atoms with Gasteiger partial charge in [-0.2, -0.15) is 0 Å². The highest BCUT2D eigenvalue weighted by Gasteiger charge is 2.20. The summed E-state index contributed by atoms with van der Waals surface area (Å²) in [6.07, 6.45) is 0. The minimum atomic E-state index is 0.332. The van der Waals surface area contributed by atoms with Gasteiger partial charge >= 0.3 is 0 Å². The summed E-state index contributed by atoms with van der Waals surface area (Å²) in [5.41, 5.74) is 8.38. The van der Waals surface area contributed by atoms with Crippen LogP contribution in [0.15, 0.2) is 53.1 Å². The molecule has 0 saturated heterocycles. The van der Waals surface area contributed by atoms with E-state index in [0.717, 1.165) is 16.7 Å². The van der Waals surface area contributed by atoms with Gasteiger partial charge in [0, 0.05) is 5.02 Å². The zero-order chi connectivity index (χ0) is 14.8. The third kappa shape index (κ3) is 2.45. The van der Waals surface area contributed by atoms with Crippen LogP contribution in [-0.2, 0) is 0 Å². The molecule has 0 radical (unpaired) electrons. The number of nitrogen functional groups attached to an aromatic ring is 1. The first-order chi connectivity index (χ1) is 10.2. The van der Waals surface area contributed by atoms with Crippen molar-refractivity contribution in [3.63, 3.8) is 0 Å². The average Bonchev–Trinajstić information content (AvgIpc) is 2.90. The van der Waals surface area contributed by atoms with Gasteiger partial charge in [0.05, 0.1) is 18.2 Å². The van der Waals surface area contributed by atoms with Gasteiger partial charge in [0.1, 0.15) is 5.75 Å². The molecular formula is C16H13ClN2O2. The van der Waals surface area contributed by atoms with E-state index in [0.29, 0.717) is 22.4 Å². The van der Waals surface area contributed by atoms with E-state index in [1.54, 1.807) is 19.2 Å². The second-order valence-corrected chi connectivity index (χ2v) is 4.92. The number of anilines is 1. The molecule has 3 rings (SSSR count). The molecule has 2 N–H and O–H groups in total. The molecule has 3 aromatic rings. The van der Waals surface area contributed by atoms with Gasteiger partial charge in [0.25, 0.3) is 0 Å². The molecule has 0 atom stereocenters. The lowest BCUT2D eigenvalue weighted by molar-refractivity contribution is 0.407. The molecule has 21 heavy (non-hydrogen) atoms. The van der Waals surface area contributed by atoms with Crippen LogP contribution in [0.5, 0.6) is 5.75 Å². The third-order valence-electron chi connectivity index (χ3n) is 3.20. The molecule has 0 bridgehead atoms. The van der Waals surface area contributed by atoms with E-state index in [1.165, 1.54) is 0 Å². The molecule has 0 fully saturated rings. The molecule has 106 valence electrons. The van der Waals surface area contributed by atoms with E-state index in [1.807, 2.05) is 36.4 Å². The monoisotopic (exact) mass is 300 g/mol. The number of aromatic nitrogens is 1. The summed E-state index contributed by atoms with van der Waals surface area (Å²) in [6.45, 7) is 0. The Labute approximate surface area is 127 Å². The number of hydrogen-bond donors (Lipinski definition) is 1. The maximum absolute atomic E-state index is 5.96. The van der Waals surface area contributed by atoms with Gasteiger partial charge in [-0.1, -0.05) is 41.0 Å². The van der Waals surface area contributed by atoms with Crippen LogP contribution in [0.4, 0.5) is 5.82 Å². The van der Waals surface area contributed by atoms with Gasteiger partial charge in [-0.3, -0.25) is 0 Å². The number of nitrogens with two attached hydrogens (primary N) is 1. The number of ether oxygens (including phenoxy) is 1. The number of halogens is 1. The Morgan fingerprint density at radius 3 is 2.52 bits per heavy atom. The van der Waals surface area contributed by atoms with Crippen LogP contribution < -0.4 is 10.5 Å². The molecule has 0 aliphatic carbocycles. The Bertz CT molecular complexity index is 766. The number of methoxy groups -OCH3 is 1. The van der Waals surface area contributed by atoms with Crippen molar-refractivity contribution >= 4 is 17.4 Å². The van der Waals surface area contributed by atoms with E-state index < -0.39 is 0 Å². The van der Waals surface area contributed by atoms with Crippen LogP contribution in [0.25, 0.3) is 22.5 Å². The molecule has 4 nitrogen and oxygen atoms in total. The summed E-state index contributed by atoms with van der Waals surface area (Å²) in [5.74, 6) is 1.61. The van der Waals surface area contributed by atoms with E-state index in [-0.39, 0.29) is 0 Å². The molecule has 1 aromatic heterocycles. The number of rotatable bonds is 3. The molecule has 0 saturated carbocycles. The lowest BCUT2D eigenvalue weighted by atomic mass is 10.0. The van der Waals surface area contributed by atoms with Crippen molar-refractivity contribution < 1.29 is 9.26 Å². The highest BCUT2D eigenvalue weighted by molar-refractivity contribution is 6.30. The number of hydrogen-bond acceptors (Lipinski definition) is 4. The van der Waals surface area contributed by atoms with Crippen molar-refractivity contribution in [2.24, 2.45) is 0 Å². The number of nitrogens with zero attached hydrogens (tertiary/aromatic N) is 1. The highest BCUT2D eigenvalue weighted by Crippen LogP contribution is 2.40. The maximum Gasteiger partial charge on any atom is 0.180 e. The van der Waals surface area contributed by atoms with Gasteiger partial charge in [0.15, 0.2) is 11.6 Å². The molecule has 5 heteroatoms. The number of benzene rings is 2. The lowest BCUT2D eigenvalue weighted by Gasteiger charge is -2.07. The van der Waals surface area contributed by atoms with Crippen LogP contribution in [-0.4, -0.2) is 12.3 Å². The van der Waals surface area contributed by atoms with Gasteiger partial charge < -0.3 is 15.0 Å². The molecule has 2 aromatic carbocycles. The van der Waals surface area contributed by atoms with Crippen LogP contribution >= 0.6 is 11.6 Å². The molecule has 0 amide bonds. The largest absolute Gasteiger partial charge is 0.496 e. The van der Waals surface area contributed by atoms with Crippen molar-refractivity contribution in [1.29, 1.82) is 0 Å². The Hall–Kier alpha value is -2.46. The second-order valence-electron chi connectivity index (χ2n) is 4.48. The Kier molecular flexibility index (Phi) is 3.54. The standard InChI is InChI=1S/C16H13ClN2O2/c1-20-13-5-3-2-4-12(13)15-14(16(18)19-21-15)10-6-8-11(17)9-7-10/h2-9H,1H3,(H2,18,19). The SMILES string of the molecule is COc1ccccc1-c1onc(N)c1-c1ccc(Cl)cc1. The van der Waals surface area contributed by atoms with E-state index >= 15 is 0 Å². The van der Waals surface area contributed by atoms with Crippen molar-refractivity contribution in [1.82, 2.24) is 5.16 Å². The minimum Gasteiger partial charge on any atom is -0.496 e. The van der Waals surface area contributed by atoms with Crippen LogP contribution in [0.2, 0.25) is 5.02 Å². The van der Waals surface area contributed by atoms with Crippen molar-refractivity contribution in [2.75, 3.05) is 12.8 Å². The summed E-state index contributed by atoms with van der Waals surface area (Å²) < 4.78 is 10.8. The maximum atomic E-state index is 5.96. The predicted octanol–water partition coefficient (Wildman–Crippen LogP) is 4.25. The first kappa shape index (κ1) is 13.5. The molecule has 0 aliphatic heterocycles. The van der Waals surface area contributed by atoms with Gasteiger partial charge in [-0.05, 0) is 29.8 Å².